The van der Waals surface area contributed by atoms with E-state index in [0.29, 0.717) is 71.5 Å². The average Bonchev–Trinajstić information content (AvgIpc) is 3.87. The van der Waals surface area contributed by atoms with Gasteiger partial charge in [0.2, 0.25) is 29.5 Å². The molecular formula is C57H70N10O13S. The zero-order chi connectivity index (χ0) is 57.9. The maximum absolute atomic E-state index is 13.8. The van der Waals surface area contributed by atoms with Gasteiger partial charge in [-0.25, -0.2) is 14.8 Å². The van der Waals surface area contributed by atoms with Crippen LogP contribution in [0.2, 0.25) is 0 Å². The highest BCUT2D eigenvalue weighted by Gasteiger charge is 2.27. The number of carbonyl (C=O) groups excluding carboxylic acids is 4. The van der Waals surface area contributed by atoms with Crippen LogP contribution in [0, 0.1) is 5.41 Å². The normalized spacial score (nSPS) is 12.0. The number of pyridine rings is 2. The molecule has 3 heterocycles. The molecule has 0 fully saturated rings. The molecule has 24 heteroatoms. The summed E-state index contributed by atoms with van der Waals surface area (Å²) in [5.74, 6) is -1.79. The van der Waals surface area contributed by atoms with Crippen molar-refractivity contribution in [2.24, 2.45) is 15.6 Å². The minimum atomic E-state index is -4.48. The average molecular weight is 1140 g/mol. The van der Waals surface area contributed by atoms with E-state index in [-0.39, 0.29) is 77.2 Å². The lowest BCUT2D eigenvalue weighted by atomic mass is 9.87. The number of nitrogens with zero attached hydrogens (tertiary/aromatic N) is 4. The third-order valence-electron chi connectivity index (χ3n) is 12.3. The molecule has 8 N–H and O–H groups in total. The highest BCUT2D eigenvalue weighted by atomic mass is 32.2. The molecule has 0 saturated carbocycles. The van der Waals surface area contributed by atoms with E-state index in [1.54, 1.807) is 6.07 Å². The third kappa shape index (κ3) is 22.1. The largest absolute Gasteiger partial charge is 0.493 e. The van der Waals surface area contributed by atoms with Crippen molar-refractivity contribution in [1.82, 2.24) is 41.2 Å². The number of rotatable bonds is 35. The molecule has 23 nitrogen and oxygen atoms in total. The Morgan fingerprint density at radius 2 is 1.36 bits per heavy atom. The summed E-state index contributed by atoms with van der Waals surface area (Å²) in [5, 5.41) is 28.7. The fourth-order valence-electron chi connectivity index (χ4n) is 8.02. The Morgan fingerprint density at radius 1 is 0.716 bits per heavy atom. The van der Waals surface area contributed by atoms with Gasteiger partial charge in [0, 0.05) is 50.7 Å². The van der Waals surface area contributed by atoms with Gasteiger partial charge in [-0.1, -0.05) is 92.7 Å². The van der Waals surface area contributed by atoms with Crippen molar-refractivity contribution in [3.63, 3.8) is 0 Å². The fourth-order valence-corrected chi connectivity index (χ4v) is 8.73. The van der Waals surface area contributed by atoms with E-state index in [9.17, 15) is 42.0 Å². The van der Waals surface area contributed by atoms with Gasteiger partial charge in [0.05, 0.1) is 74.3 Å². The molecular weight excluding hydrogens is 1060 g/mol. The van der Waals surface area contributed by atoms with Crippen LogP contribution in [-0.4, -0.2) is 134 Å². The molecule has 1 unspecified atom stereocenters. The molecule has 6 rings (SSSR count). The monoisotopic (exact) mass is 1130 g/mol. The first-order chi connectivity index (χ1) is 39.0. The van der Waals surface area contributed by atoms with Gasteiger partial charge in [-0.3, -0.25) is 28.7 Å². The highest BCUT2D eigenvalue weighted by molar-refractivity contribution is 7.85. The molecule has 0 radical (unpaired) electrons. The number of benzene rings is 3. The number of hydrogen-bond donors (Lipinski definition) is 8. The molecule has 6 aromatic rings. The van der Waals surface area contributed by atoms with Crippen LogP contribution in [-0.2, 0) is 51.7 Å². The van der Waals surface area contributed by atoms with Crippen molar-refractivity contribution in [3.8, 4) is 34.1 Å². The number of aromatic amines is 2. The first kappa shape index (κ1) is 62.0. The standard InChI is InChI=1S/C57H70N10O13S/c1-57(2,23-11-12-28-80-52-34-44(40-15-5-3-6-16-40)33-45(63-52)41-17-7-4-8-18-41)39-61-54(71)46(64-53(70)43-21-22-49(60-37-43)67-62-38-42-19-9-10-20-48(42)81(74,75)76)35-50(68)58-24-13-26-77-29-31-79-32-30-78-27-14-25-59-51(69)36-47-55(72)66-56(73)65-47/h3-10,15-22,33-34,37,46,72H,11-14,23-32,35-36,38-39H2,1-2H3,(H,58,68)(H,59,69)(H,61,71)(H,64,70)(H2,65,66,73)(H,74,75,76). The lowest BCUT2D eigenvalue weighted by Gasteiger charge is -2.27. The molecule has 3 aromatic heterocycles. The molecule has 0 bridgehead atoms. The van der Waals surface area contributed by atoms with Gasteiger partial charge in [-0.15, -0.1) is 5.11 Å². The third-order valence-corrected chi connectivity index (χ3v) is 13.3. The van der Waals surface area contributed by atoms with Crippen LogP contribution < -0.4 is 31.7 Å². The number of amides is 4. The lowest BCUT2D eigenvalue weighted by Crippen LogP contribution is -2.50. The van der Waals surface area contributed by atoms with Crippen molar-refractivity contribution < 1.29 is 56.2 Å². The van der Waals surface area contributed by atoms with Crippen molar-refractivity contribution >= 4 is 39.6 Å². The maximum Gasteiger partial charge on any atom is 0.325 e. The zero-order valence-corrected chi connectivity index (χ0v) is 46.2. The quantitative estimate of drug-likeness (QED) is 0.0124. The Bertz CT molecular complexity index is 3100. The molecule has 0 aliphatic carbocycles. The van der Waals surface area contributed by atoms with Crippen LogP contribution in [0.4, 0.5) is 5.82 Å². The number of imidazole rings is 1. The van der Waals surface area contributed by atoms with Gasteiger partial charge in [0.15, 0.2) is 5.82 Å². The molecule has 0 spiro atoms. The molecule has 3 aromatic carbocycles. The second-order valence-corrected chi connectivity index (χ2v) is 20.8. The molecule has 1 atom stereocenters. The van der Waals surface area contributed by atoms with E-state index in [1.165, 1.54) is 36.5 Å². The van der Waals surface area contributed by atoms with Gasteiger partial charge in [0.25, 0.3) is 16.0 Å². The number of unbranched alkanes of at least 4 members (excludes halogenated alkanes) is 1. The summed E-state index contributed by atoms with van der Waals surface area (Å²) in [6.07, 6.45) is 3.96. The Balaban J connectivity index is 0.927. The van der Waals surface area contributed by atoms with Gasteiger partial charge in [0.1, 0.15) is 6.04 Å². The predicted octanol–water partition coefficient (Wildman–Crippen LogP) is 6.25. The van der Waals surface area contributed by atoms with Gasteiger partial charge >= 0.3 is 5.69 Å². The first-order valence-corrected chi connectivity index (χ1v) is 28.0. The first-order valence-electron chi connectivity index (χ1n) is 26.5. The Labute approximate surface area is 469 Å². The number of azo groups is 1. The van der Waals surface area contributed by atoms with Crippen LogP contribution in [0.3, 0.4) is 0 Å². The van der Waals surface area contributed by atoms with Gasteiger partial charge < -0.3 is 50.3 Å². The second kappa shape index (κ2) is 32.2. The number of carbonyl (C=O) groups is 4. The van der Waals surface area contributed by atoms with Gasteiger partial charge in [-0.2, -0.15) is 13.5 Å². The maximum atomic E-state index is 13.8. The number of nitrogens with one attached hydrogen (secondary N) is 6. The van der Waals surface area contributed by atoms with Crippen LogP contribution in [0.25, 0.3) is 22.4 Å². The zero-order valence-electron chi connectivity index (χ0n) is 45.4. The van der Waals surface area contributed by atoms with Gasteiger partial charge in [-0.05, 0) is 78.5 Å². The smallest absolute Gasteiger partial charge is 0.325 e. The van der Waals surface area contributed by atoms with Crippen molar-refractivity contribution in [2.45, 2.75) is 76.3 Å². The Kier molecular flexibility index (Phi) is 24.7. The van der Waals surface area contributed by atoms with Crippen LogP contribution in [0.15, 0.2) is 135 Å². The van der Waals surface area contributed by atoms with Crippen LogP contribution >= 0.6 is 0 Å². The Hall–Kier alpha value is -8.16. The number of H-pyrrole nitrogens is 2. The summed E-state index contributed by atoms with van der Waals surface area (Å²) in [4.78, 5) is 77.1. The van der Waals surface area contributed by atoms with E-state index >= 15 is 0 Å². The number of ether oxygens (including phenoxy) is 4. The summed E-state index contributed by atoms with van der Waals surface area (Å²) in [7, 11) is -4.48. The number of hydrogen-bond acceptors (Lipinski definition) is 16. The number of aromatic nitrogens is 4. The molecule has 81 heavy (non-hydrogen) atoms. The van der Waals surface area contributed by atoms with Crippen LogP contribution in [0.1, 0.15) is 74.0 Å². The summed E-state index contributed by atoms with van der Waals surface area (Å²) >= 11 is 0. The van der Waals surface area contributed by atoms with E-state index in [0.717, 1.165) is 41.6 Å². The SMILES string of the molecule is CC(C)(CCCCOc1cc(-c2ccccc2)cc(-c2ccccc2)n1)CNC(=O)C(CC(=O)NCCCOCCOCCOCCCNC(=O)Cc1[nH]c(=O)[nH]c1O)NC(=O)c1ccc(N=NCc2ccccc2S(=O)(=O)O)nc1. The van der Waals surface area contributed by atoms with E-state index in [1.807, 2.05) is 80.6 Å². The van der Waals surface area contributed by atoms with Crippen LogP contribution in [0.5, 0.6) is 11.8 Å². The summed E-state index contributed by atoms with van der Waals surface area (Å²) in [5.41, 5.74) is 3.28. The van der Waals surface area contributed by atoms with E-state index in [2.05, 4.69) is 52.5 Å². The molecule has 0 aliphatic rings. The fraction of sp³-hybridized carbons (Fsp3) is 0.386. The van der Waals surface area contributed by atoms with Crippen molar-refractivity contribution in [2.75, 3.05) is 65.9 Å². The topological polar surface area (TPSA) is 327 Å². The minimum absolute atomic E-state index is 0.0745. The number of aromatic hydroxyl groups is 1. The van der Waals surface area contributed by atoms with Crippen molar-refractivity contribution in [3.05, 3.63) is 143 Å². The highest BCUT2D eigenvalue weighted by Crippen LogP contribution is 2.29. The molecule has 0 saturated heterocycles. The molecule has 4 amide bonds. The minimum Gasteiger partial charge on any atom is -0.493 e. The predicted molar refractivity (Wildman–Crippen MR) is 300 cm³/mol. The molecule has 432 valence electrons. The van der Waals surface area contributed by atoms with E-state index < -0.39 is 39.6 Å². The molecule has 0 aliphatic heterocycles. The van der Waals surface area contributed by atoms with Crippen molar-refractivity contribution in [1.29, 1.82) is 0 Å². The lowest BCUT2D eigenvalue weighted by molar-refractivity contribution is -0.128. The van der Waals surface area contributed by atoms with E-state index in [4.69, 9.17) is 23.9 Å². The summed E-state index contributed by atoms with van der Waals surface area (Å²) in [6, 6.07) is 31.4. The second-order valence-electron chi connectivity index (χ2n) is 19.4. The summed E-state index contributed by atoms with van der Waals surface area (Å²) < 4.78 is 55.9. The Morgan fingerprint density at radius 3 is 2.00 bits per heavy atom. The summed E-state index contributed by atoms with van der Waals surface area (Å²) in [6.45, 7) is 7.15.